The van der Waals surface area contributed by atoms with E-state index in [-0.39, 0.29) is 6.54 Å². The molecule has 1 N–H and O–H groups in total. The van der Waals surface area contributed by atoms with Crippen molar-refractivity contribution in [3.05, 3.63) is 46.5 Å². The summed E-state index contributed by atoms with van der Waals surface area (Å²) in [7, 11) is 0. The fourth-order valence-corrected chi connectivity index (χ4v) is 1.42. The number of nitrogens with zero attached hydrogens (tertiary/aromatic N) is 6. The second-order valence-electron chi connectivity index (χ2n) is 4.03. The van der Waals surface area contributed by atoms with Crippen LogP contribution in [-0.4, -0.2) is 36.3 Å². The van der Waals surface area contributed by atoms with E-state index in [2.05, 4.69) is 25.6 Å². The summed E-state index contributed by atoms with van der Waals surface area (Å²) in [5.74, 6) is -0.880. The van der Waals surface area contributed by atoms with Crippen LogP contribution >= 0.6 is 0 Å². The number of carbonyl (C=O) groups excluding carboxylic acids is 1. The molecule has 108 valence electrons. The summed E-state index contributed by atoms with van der Waals surface area (Å²) in [6.07, 6.45) is 4.20. The molecule has 0 spiro atoms. The van der Waals surface area contributed by atoms with Crippen LogP contribution < -0.4 is 5.43 Å². The molecule has 0 aliphatic rings. The molecule has 0 saturated carbocycles. The second-order valence-corrected chi connectivity index (χ2v) is 4.03. The lowest BCUT2D eigenvalue weighted by atomic mass is 10.3. The van der Waals surface area contributed by atoms with E-state index in [0.717, 1.165) is 0 Å². The fourth-order valence-electron chi connectivity index (χ4n) is 1.42. The van der Waals surface area contributed by atoms with Crippen LogP contribution in [0.15, 0.2) is 36.0 Å². The number of nitrogens with one attached hydrogen (secondary N) is 1. The quantitative estimate of drug-likeness (QED) is 0.481. The van der Waals surface area contributed by atoms with Crippen LogP contribution in [0.3, 0.4) is 0 Å². The molecule has 0 atom stereocenters. The van der Waals surface area contributed by atoms with Crippen LogP contribution in [0.1, 0.15) is 17.3 Å². The molecule has 10 nitrogen and oxygen atoms in total. The Balaban J connectivity index is 1.95. The highest BCUT2D eigenvalue weighted by atomic mass is 16.6. The number of rotatable bonds is 5. The second kappa shape index (κ2) is 6.32. The van der Waals surface area contributed by atoms with Gasteiger partial charge in [0, 0.05) is 17.5 Å². The van der Waals surface area contributed by atoms with Gasteiger partial charge in [0.15, 0.2) is 0 Å². The summed E-state index contributed by atoms with van der Waals surface area (Å²) in [6, 6.07) is 3.24. The Morgan fingerprint density at radius 3 is 3.00 bits per heavy atom. The predicted octanol–water partition coefficient (Wildman–Crippen LogP) is 0.387. The van der Waals surface area contributed by atoms with Gasteiger partial charge >= 0.3 is 5.95 Å². The number of hydrogen-bond donors (Lipinski definition) is 1. The van der Waals surface area contributed by atoms with Crippen LogP contribution in [0.2, 0.25) is 0 Å². The zero-order valence-corrected chi connectivity index (χ0v) is 11.0. The van der Waals surface area contributed by atoms with Crippen molar-refractivity contribution in [3.8, 4) is 0 Å². The maximum atomic E-state index is 11.7. The van der Waals surface area contributed by atoms with Crippen molar-refractivity contribution in [2.45, 2.75) is 13.5 Å². The smallest absolute Gasteiger partial charge is 0.390 e. The Bertz CT molecular complexity index is 680. The molecule has 0 radical (unpaired) electrons. The van der Waals surface area contributed by atoms with E-state index in [0.29, 0.717) is 11.3 Å². The summed E-state index contributed by atoms with van der Waals surface area (Å²) < 4.78 is 1.26. The lowest BCUT2D eigenvalue weighted by Gasteiger charge is -2.01. The SMILES string of the molecule is CC(Cn1cnc([N+](=O)[O-])n1)=NNC(=O)c1cccnc1. The number of amides is 1. The average molecular weight is 289 g/mol. The van der Waals surface area contributed by atoms with Crippen LogP contribution in [0, 0.1) is 10.1 Å². The first-order valence-corrected chi connectivity index (χ1v) is 5.83. The van der Waals surface area contributed by atoms with E-state index in [1.807, 2.05) is 0 Å². The van der Waals surface area contributed by atoms with Gasteiger partial charge in [0.05, 0.1) is 17.8 Å². The third-order valence-corrected chi connectivity index (χ3v) is 2.35. The number of pyridine rings is 1. The molecular formula is C11H11N7O3. The number of nitro groups is 1. The zero-order valence-electron chi connectivity index (χ0n) is 11.0. The maximum Gasteiger partial charge on any atom is 0.490 e. The van der Waals surface area contributed by atoms with E-state index in [9.17, 15) is 14.9 Å². The van der Waals surface area contributed by atoms with Crippen molar-refractivity contribution < 1.29 is 9.72 Å². The monoisotopic (exact) mass is 289 g/mol. The standard InChI is InChI=1S/C11H11N7O3/c1-8(6-17-7-13-11(16-17)18(20)21)14-15-10(19)9-3-2-4-12-5-9/h2-5,7H,6H2,1H3,(H,15,19). The van der Waals surface area contributed by atoms with Crippen molar-refractivity contribution in [1.29, 1.82) is 0 Å². The van der Waals surface area contributed by atoms with Crippen molar-refractivity contribution in [3.63, 3.8) is 0 Å². The van der Waals surface area contributed by atoms with Crippen LogP contribution in [-0.2, 0) is 6.54 Å². The van der Waals surface area contributed by atoms with E-state index >= 15 is 0 Å². The Morgan fingerprint density at radius 1 is 1.57 bits per heavy atom. The molecule has 0 saturated heterocycles. The third kappa shape index (κ3) is 3.89. The Morgan fingerprint density at radius 2 is 2.38 bits per heavy atom. The van der Waals surface area contributed by atoms with Gasteiger partial charge in [-0.15, -0.1) is 0 Å². The van der Waals surface area contributed by atoms with Gasteiger partial charge < -0.3 is 10.1 Å². The highest BCUT2D eigenvalue weighted by molar-refractivity contribution is 5.94. The van der Waals surface area contributed by atoms with Gasteiger partial charge in [-0.3, -0.25) is 9.78 Å². The number of aromatic nitrogens is 4. The van der Waals surface area contributed by atoms with Gasteiger partial charge in [0.25, 0.3) is 5.91 Å². The van der Waals surface area contributed by atoms with Crippen molar-refractivity contribution in [2.75, 3.05) is 0 Å². The Kier molecular flexibility index (Phi) is 4.29. The highest BCUT2D eigenvalue weighted by Crippen LogP contribution is 2.00. The number of carbonyl (C=O) groups is 1. The molecule has 2 rings (SSSR count). The first-order chi connectivity index (χ1) is 10.1. The van der Waals surface area contributed by atoms with E-state index in [1.54, 1.807) is 25.3 Å². The van der Waals surface area contributed by atoms with Crippen molar-refractivity contribution in [2.24, 2.45) is 5.10 Å². The molecule has 2 aromatic rings. The summed E-state index contributed by atoms with van der Waals surface area (Å²) >= 11 is 0. The number of hydrazone groups is 1. The van der Waals surface area contributed by atoms with E-state index in [4.69, 9.17) is 0 Å². The summed E-state index contributed by atoms with van der Waals surface area (Å²) in [4.78, 5) is 28.8. The van der Waals surface area contributed by atoms with Gasteiger partial charge in [-0.05, 0) is 24.0 Å². The third-order valence-electron chi connectivity index (χ3n) is 2.35. The average Bonchev–Trinajstić information content (AvgIpc) is 2.94. The van der Waals surface area contributed by atoms with Gasteiger partial charge in [-0.2, -0.15) is 9.78 Å². The van der Waals surface area contributed by atoms with Gasteiger partial charge in [0.1, 0.15) is 0 Å². The van der Waals surface area contributed by atoms with Gasteiger partial charge in [0.2, 0.25) is 6.33 Å². The molecule has 0 fully saturated rings. The molecule has 0 bridgehead atoms. The molecule has 10 heteroatoms. The minimum Gasteiger partial charge on any atom is -0.390 e. The minimum absolute atomic E-state index is 0.175. The molecule has 1 amide bonds. The predicted molar refractivity (Wildman–Crippen MR) is 71.5 cm³/mol. The van der Waals surface area contributed by atoms with E-state index < -0.39 is 16.8 Å². The first kappa shape index (κ1) is 14.2. The largest absolute Gasteiger partial charge is 0.490 e. The molecule has 0 aliphatic carbocycles. The van der Waals surface area contributed by atoms with Crippen LogP contribution in [0.25, 0.3) is 0 Å². The molecule has 2 aromatic heterocycles. The van der Waals surface area contributed by atoms with Crippen molar-refractivity contribution >= 4 is 17.6 Å². The lowest BCUT2D eigenvalue weighted by molar-refractivity contribution is -0.394. The summed E-state index contributed by atoms with van der Waals surface area (Å²) in [6.45, 7) is 1.82. The van der Waals surface area contributed by atoms with Crippen LogP contribution in [0.5, 0.6) is 0 Å². The van der Waals surface area contributed by atoms with E-state index in [1.165, 1.54) is 17.2 Å². The Hall–Kier alpha value is -3.17. The molecule has 0 unspecified atom stereocenters. The molecule has 0 aromatic carbocycles. The molecule has 0 aliphatic heterocycles. The zero-order chi connectivity index (χ0) is 15.2. The van der Waals surface area contributed by atoms with Gasteiger partial charge in [-0.1, -0.05) is 4.98 Å². The van der Waals surface area contributed by atoms with Crippen LogP contribution in [0.4, 0.5) is 5.95 Å². The minimum atomic E-state index is -0.687. The topological polar surface area (TPSA) is 128 Å². The normalized spacial score (nSPS) is 11.2. The van der Waals surface area contributed by atoms with Gasteiger partial charge in [-0.25, -0.2) is 5.43 Å². The summed E-state index contributed by atoms with van der Waals surface area (Å²) in [5.41, 5.74) is 3.25. The maximum absolute atomic E-state index is 11.7. The fraction of sp³-hybridized carbons (Fsp3) is 0.182. The van der Waals surface area contributed by atoms with Crippen molar-refractivity contribution in [1.82, 2.24) is 25.2 Å². The number of hydrogen-bond acceptors (Lipinski definition) is 7. The Labute approximate surface area is 118 Å². The first-order valence-electron chi connectivity index (χ1n) is 5.83. The lowest BCUT2D eigenvalue weighted by Crippen LogP contribution is -2.20. The molecule has 21 heavy (non-hydrogen) atoms. The molecule has 2 heterocycles. The highest BCUT2D eigenvalue weighted by Gasteiger charge is 2.13. The summed E-state index contributed by atoms with van der Waals surface area (Å²) in [5, 5.41) is 18.0. The molecular weight excluding hydrogens is 278 g/mol.